The first-order valence-corrected chi connectivity index (χ1v) is 13.5. The van der Waals surface area contributed by atoms with Crippen LogP contribution in [0.25, 0.3) is 11.4 Å². The molecule has 0 unspecified atom stereocenters. The number of ether oxygens (including phenoxy) is 2. The maximum absolute atomic E-state index is 12.8. The van der Waals surface area contributed by atoms with E-state index in [0.29, 0.717) is 16.6 Å². The van der Waals surface area contributed by atoms with E-state index in [1.807, 2.05) is 18.4 Å². The van der Waals surface area contributed by atoms with Crippen molar-refractivity contribution in [2.24, 2.45) is 0 Å². The number of anilines is 1. The highest BCUT2D eigenvalue weighted by atomic mass is 32.2. The van der Waals surface area contributed by atoms with Crippen molar-refractivity contribution >= 4 is 57.3 Å². The van der Waals surface area contributed by atoms with Crippen LogP contribution in [-0.2, 0) is 14.3 Å². The minimum atomic E-state index is -0.641. The van der Waals surface area contributed by atoms with Gasteiger partial charge in [-0.25, -0.2) is 9.59 Å². The standard InChI is InChI=1S/C23H28N4O5S3/c1-11(2)15-8-14(9-33-15)19-25-26-23(27(19)12(3)4)34-10-16(28)24-20-17(21(29)31-6)13(5)18(35-20)22(30)32-7/h8-9,11-12H,10H2,1-7H3,(H,24,28). The second-order valence-corrected chi connectivity index (χ2v) is 11.1. The first-order valence-electron chi connectivity index (χ1n) is 10.8. The molecule has 0 atom stereocenters. The van der Waals surface area contributed by atoms with E-state index >= 15 is 0 Å². The lowest BCUT2D eigenvalue weighted by Crippen LogP contribution is -2.16. The molecule has 9 nitrogen and oxygen atoms in total. The van der Waals surface area contributed by atoms with E-state index in [1.165, 1.54) is 30.9 Å². The Morgan fingerprint density at radius 3 is 2.37 bits per heavy atom. The van der Waals surface area contributed by atoms with E-state index in [1.54, 1.807) is 18.3 Å². The molecular weight excluding hydrogens is 508 g/mol. The van der Waals surface area contributed by atoms with Crippen molar-refractivity contribution < 1.29 is 23.9 Å². The monoisotopic (exact) mass is 536 g/mol. The summed E-state index contributed by atoms with van der Waals surface area (Å²) in [6.07, 6.45) is 0. The molecule has 0 spiro atoms. The van der Waals surface area contributed by atoms with Gasteiger partial charge in [-0.05, 0) is 38.3 Å². The number of carbonyl (C=O) groups is 3. The Kier molecular flexibility index (Phi) is 8.73. The largest absolute Gasteiger partial charge is 0.465 e. The first-order chi connectivity index (χ1) is 16.6. The Bertz CT molecular complexity index is 1240. The van der Waals surface area contributed by atoms with E-state index in [2.05, 4.69) is 40.8 Å². The zero-order valence-electron chi connectivity index (χ0n) is 20.6. The highest BCUT2D eigenvalue weighted by Crippen LogP contribution is 2.35. The maximum Gasteiger partial charge on any atom is 0.348 e. The van der Waals surface area contributed by atoms with Crippen LogP contribution >= 0.6 is 34.4 Å². The number of methoxy groups -OCH3 is 2. The number of thiophene rings is 2. The van der Waals surface area contributed by atoms with Gasteiger partial charge in [0.25, 0.3) is 0 Å². The van der Waals surface area contributed by atoms with Gasteiger partial charge in [0.05, 0.1) is 25.5 Å². The molecule has 1 N–H and O–H groups in total. The van der Waals surface area contributed by atoms with Gasteiger partial charge in [0.1, 0.15) is 9.88 Å². The van der Waals surface area contributed by atoms with Gasteiger partial charge in [-0.15, -0.1) is 32.9 Å². The molecule has 1 amide bonds. The molecule has 0 aliphatic carbocycles. The molecular formula is C23H28N4O5S3. The van der Waals surface area contributed by atoms with Gasteiger partial charge < -0.3 is 14.8 Å². The lowest BCUT2D eigenvalue weighted by molar-refractivity contribution is -0.113. The van der Waals surface area contributed by atoms with Crippen LogP contribution in [-0.4, -0.2) is 52.6 Å². The number of thioether (sulfide) groups is 1. The lowest BCUT2D eigenvalue weighted by Gasteiger charge is -2.13. The van der Waals surface area contributed by atoms with Gasteiger partial charge in [0.15, 0.2) is 11.0 Å². The van der Waals surface area contributed by atoms with E-state index in [0.717, 1.165) is 22.7 Å². The normalized spacial score (nSPS) is 11.2. The van der Waals surface area contributed by atoms with Crippen LogP contribution in [0.5, 0.6) is 0 Å². The number of nitrogens with zero attached hydrogens (tertiary/aromatic N) is 3. The molecule has 0 radical (unpaired) electrons. The summed E-state index contributed by atoms with van der Waals surface area (Å²) in [5.74, 6) is -0.350. The SMILES string of the molecule is COC(=O)c1sc(NC(=O)CSc2nnc(-c3csc(C(C)C)c3)n2C(C)C)c(C(=O)OC)c1C. The number of carbonyl (C=O) groups excluding carboxylic acids is 3. The molecule has 3 aromatic heterocycles. The third kappa shape index (κ3) is 5.76. The molecule has 3 aromatic rings. The number of hydrogen-bond acceptors (Lipinski definition) is 10. The second kappa shape index (κ2) is 11.4. The molecule has 0 saturated heterocycles. The Morgan fingerprint density at radius 1 is 1.11 bits per heavy atom. The fourth-order valence-electron chi connectivity index (χ4n) is 3.34. The molecule has 35 heavy (non-hydrogen) atoms. The van der Waals surface area contributed by atoms with Crippen LogP contribution in [0.15, 0.2) is 16.6 Å². The van der Waals surface area contributed by atoms with E-state index < -0.39 is 11.9 Å². The molecule has 188 valence electrons. The lowest BCUT2D eigenvalue weighted by atomic mass is 10.1. The summed E-state index contributed by atoms with van der Waals surface area (Å²) in [5.41, 5.74) is 1.54. The number of aromatic nitrogens is 3. The highest BCUT2D eigenvalue weighted by Gasteiger charge is 2.27. The molecule has 3 heterocycles. The van der Waals surface area contributed by atoms with Crippen LogP contribution < -0.4 is 5.32 Å². The van der Waals surface area contributed by atoms with Gasteiger partial charge >= 0.3 is 11.9 Å². The summed E-state index contributed by atoms with van der Waals surface area (Å²) in [6, 6.07) is 2.22. The summed E-state index contributed by atoms with van der Waals surface area (Å²) >= 11 is 3.92. The molecule has 0 aliphatic heterocycles. The summed E-state index contributed by atoms with van der Waals surface area (Å²) in [4.78, 5) is 38.7. The van der Waals surface area contributed by atoms with E-state index in [9.17, 15) is 14.4 Å². The molecule has 0 aliphatic rings. The molecule has 0 fully saturated rings. The van der Waals surface area contributed by atoms with Crippen LogP contribution in [0.3, 0.4) is 0 Å². The van der Waals surface area contributed by atoms with Crippen molar-refractivity contribution in [3.63, 3.8) is 0 Å². The average molecular weight is 537 g/mol. The molecule has 0 aromatic carbocycles. The van der Waals surface area contributed by atoms with Gasteiger partial charge in [0, 0.05) is 21.9 Å². The Balaban J connectivity index is 1.80. The quantitative estimate of drug-likeness (QED) is 0.286. The van der Waals surface area contributed by atoms with Crippen molar-refractivity contribution in [2.45, 2.75) is 51.7 Å². The predicted octanol–water partition coefficient (Wildman–Crippen LogP) is 5.38. The maximum atomic E-state index is 12.8. The fourth-order valence-corrected chi connectivity index (χ4v) is 6.24. The summed E-state index contributed by atoms with van der Waals surface area (Å²) in [6.45, 7) is 9.99. The number of hydrogen-bond donors (Lipinski definition) is 1. The number of esters is 2. The van der Waals surface area contributed by atoms with E-state index in [-0.39, 0.29) is 33.1 Å². The molecule has 12 heteroatoms. The first kappa shape index (κ1) is 26.9. The van der Waals surface area contributed by atoms with Crippen molar-refractivity contribution in [1.29, 1.82) is 0 Å². The van der Waals surface area contributed by atoms with Crippen LogP contribution in [0.2, 0.25) is 0 Å². The zero-order chi connectivity index (χ0) is 25.9. The Labute approximate surface area is 216 Å². The van der Waals surface area contributed by atoms with Gasteiger partial charge in [-0.2, -0.15) is 0 Å². The third-order valence-electron chi connectivity index (χ3n) is 5.12. The summed E-state index contributed by atoms with van der Waals surface area (Å²) < 4.78 is 11.6. The summed E-state index contributed by atoms with van der Waals surface area (Å²) in [5, 5.41) is 14.4. The highest BCUT2D eigenvalue weighted by molar-refractivity contribution is 7.99. The smallest absolute Gasteiger partial charge is 0.348 e. The van der Waals surface area contributed by atoms with Crippen LogP contribution in [0.4, 0.5) is 5.00 Å². The molecule has 0 bridgehead atoms. The van der Waals surface area contributed by atoms with Gasteiger partial charge in [0.2, 0.25) is 5.91 Å². The van der Waals surface area contributed by atoms with Crippen molar-refractivity contribution in [3.05, 3.63) is 32.3 Å². The van der Waals surface area contributed by atoms with Crippen LogP contribution in [0, 0.1) is 6.92 Å². The predicted molar refractivity (Wildman–Crippen MR) is 139 cm³/mol. The minimum absolute atomic E-state index is 0.0385. The fraction of sp³-hybridized carbons (Fsp3) is 0.435. The Morgan fingerprint density at radius 2 is 1.80 bits per heavy atom. The number of amides is 1. The molecule has 0 saturated carbocycles. The summed E-state index contributed by atoms with van der Waals surface area (Å²) in [7, 11) is 2.50. The Hall–Kier alpha value is -2.70. The van der Waals surface area contributed by atoms with Crippen molar-refractivity contribution in [1.82, 2.24) is 14.8 Å². The minimum Gasteiger partial charge on any atom is -0.465 e. The average Bonchev–Trinajstić information content (AvgIpc) is 3.53. The molecule has 3 rings (SSSR count). The zero-order valence-corrected chi connectivity index (χ0v) is 23.1. The topological polar surface area (TPSA) is 112 Å². The van der Waals surface area contributed by atoms with Gasteiger partial charge in [-0.1, -0.05) is 25.6 Å². The van der Waals surface area contributed by atoms with E-state index in [4.69, 9.17) is 9.47 Å². The van der Waals surface area contributed by atoms with Crippen molar-refractivity contribution in [3.8, 4) is 11.4 Å². The van der Waals surface area contributed by atoms with Crippen LogP contribution in [0.1, 0.15) is 70.1 Å². The third-order valence-corrected chi connectivity index (χ3v) is 8.48. The second-order valence-electron chi connectivity index (χ2n) is 8.24. The van der Waals surface area contributed by atoms with Crippen molar-refractivity contribution in [2.75, 3.05) is 25.3 Å². The number of rotatable bonds is 9. The van der Waals surface area contributed by atoms with Gasteiger partial charge in [-0.3, -0.25) is 9.36 Å². The number of nitrogens with one attached hydrogen (secondary N) is 1.